The molecule has 1 radical (unpaired) electrons. The highest BCUT2D eigenvalue weighted by atomic mass is 79.9. The Bertz CT molecular complexity index is 2440. The van der Waals surface area contributed by atoms with E-state index >= 15 is 0 Å². The lowest BCUT2D eigenvalue weighted by atomic mass is 10.1. The largest absolute Gasteiger partial charge is 0.569 e. The van der Waals surface area contributed by atoms with E-state index in [-0.39, 0.29) is 33.4 Å². The molecule has 4 aromatic heterocycles. The van der Waals surface area contributed by atoms with Gasteiger partial charge in [0.1, 0.15) is 11.4 Å². The number of aryl methyl sites for hydroxylation is 1. The minimum absolute atomic E-state index is 0.0265. The second-order valence-electron chi connectivity index (χ2n) is 10.2. The number of nitrogens with zero attached hydrogens (tertiary/aromatic N) is 5. The van der Waals surface area contributed by atoms with Gasteiger partial charge in [0.15, 0.2) is 16.8 Å². The van der Waals surface area contributed by atoms with Crippen LogP contribution in [-0.2, 0) is 10.0 Å². The van der Waals surface area contributed by atoms with Crippen LogP contribution in [-0.4, -0.2) is 50.0 Å². The molecular weight excluding hydrogens is 825 g/mol. The molecule has 0 saturated heterocycles. The van der Waals surface area contributed by atoms with E-state index < -0.39 is 21.7 Å². The Morgan fingerprint density at radius 3 is 2.18 bits per heavy atom. The van der Waals surface area contributed by atoms with Gasteiger partial charge in [0.05, 0.1) is 29.0 Å². The molecule has 12 nitrogen and oxygen atoms in total. The van der Waals surface area contributed by atoms with Crippen molar-refractivity contribution in [2.45, 2.75) is 11.8 Å². The number of fused-ring (bicyclic) bond motifs is 2. The maximum Gasteiger partial charge on any atom is 0.569 e. The zero-order valence-corrected chi connectivity index (χ0v) is 30.3. The zero-order valence-electron chi connectivity index (χ0n) is 25.5. The van der Waals surface area contributed by atoms with E-state index in [2.05, 4.69) is 56.8 Å². The Morgan fingerprint density at radius 2 is 1.54 bits per heavy atom. The van der Waals surface area contributed by atoms with Crippen molar-refractivity contribution in [3.8, 4) is 17.0 Å². The van der Waals surface area contributed by atoms with Gasteiger partial charge in [-0.2, -0.15) is 4.98 Å². The van der Waals surface area contributed by atoms with E-state index in [9.17, 15) is 17.2 Å². The lowest BCUT2D eigenvalue weighted by Crippen LogP contribution is -2.11. The Labute approximate surface area is 306 Å². The zero-order chi connectivity index (χ0) is 36.2. The molecule has 4 heterocycles. The number of nitrogens with one attached hydrogen (secondary N) is 1. The number of hydrogen-bond acceptors (Lipinski definition) is 10. The second kappa shape index (κ2) is 15.5. The van der Waals surface area contributed by atoms with Gasteiger partial charge in [-0.25, -0.2) is 36.1 Å². The molecule has 3 aromatic carbocycles. The number of anilines is 2. The van der Waals surface area contributed by atoms with Gasteiger partial charge in [-0.05, 0) is 55.5 Å². The molecule has 0 spiro atoms. The fourth-order valence-electron chi connectivity index (χ4n) is 4.53. The highest BCUT2D eigenvalue weighted by molar-refractivity contribution is 9.10. The number of aromatic amines is 1. The van der Waals surface area contributed by atoms with Gasteiger partial charge in [0.25, 0.3) is 10.0 Å². The lowest BCUT2D eigenvalue weighted by molar-refractivity contribution is 0.456. The van der Waals surface area contributed by atoms with Crippen molar-refractivity contribution in [3.05, 3.63) is 117 Å². The average molecular weight is 848 g/mol. The van der Waals surface area contributed by atoms with Crippen molar-refractivity contribution < 1.29 is 26.9 Å². The van der Waals surface area contributed by atoms with E-state index in [1.54, 1.807) is 48.7 Å². The molecule has 7 rings (SSSR count). The van der Waals surface area contributed by atoms with Gasteiger partial charge < -0.3 is 26.1 Å². The van der Waals surface area contributed by atoms with E-state index in [0.29, 0.717) is 24.2 Å². The normalized spacial score (nSPS) is 11.0. The molecular formula is C31H23BBr2ClF2N8O4S. The van der Waals surface area contributed by atoms with Crippen LogP contribution in [0.5, 0.6) is 5.75 Å². The van der Waals surface area contributed by atoms with Crippen molar-refractivity contribution in [2.24, 2.45) is 0 Å². The standard InChI is InChI=1S/C15H12BBrNO4S.C12H8BrFN4.C4H3ClFN3/c1-10-2-5-12(6-3-10)23(20,21)18-9-15(22-16-19)13-8-11(17)4-7-14(13)18;13-6-1-2-10-7(3-6)8(4-16-10)11-9(14)5-17-12(15)18-11;5-3-2(6)1-8-4(7)9-3/h2-9,19H,1H3;1-5,16H,(H2,15,17,18);1H,(H2,7,8,9). The molecule has 19 heteroatoms. The Kier molecular flexibility index (Phi) is 11.4. The molecule has 0 amide bonds. The Balaban J connectivity index is 0.000000159. The summed E-state index contributed by atoms with van der Waals surface area (Å²) in [4.78, 5) is 17.5. The molecule has 0 fully saturated rings. The fraction of sp³-hybridized carbons (Fsp3) is 0.0323. The Morgan fingerprint density at radius 1 is 0.920 bits per heavy atom. The predicted octanol–water partition coefficient (Wildman–Crippen LogP) is 6.81. The van der Waals surface area contributed by atoms with Crippen LogP contribution in [0.15, 0.2) is 99.3 Å². The van der Waals surface area contributed by atoms with Crippen LogP contribution < -0.4 is 16.1 Å². The number of halogens is 5. The number of benzene rings is 3. The van der Waals surface area contributed by atoms with Gasteiger partial charge in [-0.3, -0.25) is 0 Å². The summed E-state index contributed by atoms with van der Waals surface area (Å²) >= 11 is 11.9. The summed E-state index contributed by atoms with van der Waals surface area (Å²) in [5.74, 6) is -0.882. The molecule has 0 aliphatic rings. The SMILES string of the molecule is Cc1ccc(S(=O)(=O)n2cc(O[B]O)c3cc(Br)ccc32)cc1.Nc1ncc(F)c(-c2c[nH]c3ccc(Br)cc23)n1.Nc1ncc(F)c(Cl)n1. The summed E-state index contributed by atoms with van der Waals surface area (Å²) in [7, 11) is -3.24. The monoisotopic (exact) mass is 845 g/mol. The number of aromatic nitrogens is 6. The van der Waals surface area contributed by atoms with Crippen LogP contribution in [0.25, 0.3) is 33.1 Å². The first kappa shape index (κ1) is 36.7. The molecule has 0 atom stereocenters. The van der Waals surface area contributed by atoms with Crippen molar-refractivity contribution >= 4 is 94.9 Å². The molecule has 0 bridgehead atoms. The summed E-state index contributed by atoms with van der Waals surface area (Å²) in [6.07, 6.45) is 5.06. The van der Waals surface area contributed by atoms with Crippen molar-refractivity contribution in [2.75, 3.05) is 11.5 Å². The summed E-state index contributed by atoms with van der Waals surface area (Å²) in [6.45, 7) is 1.89. The number of rotatable bonds is 5. The summed E-state index contributed by atoms with van der Waals surface area (Å²) < 4.78 is 59.6. The van der Waals surface area contributed by atoms with Crippen LogP contribution in [0.2, 0.25) is 5.15 Å². The maximum absolute atomic E-state index is 13.8. The molecule has 7 aromatic rings. The fourth-order valence-corrected chi connectivity index (χ4v) is 6.75. The molecule has 6 N–H and O–H groups in total. The molecule has 0 aliphatic heterocycles. The van der Waals surface area contributed by atoms with Gasteiger partial charge in [0.2, 0.25) is 11.9 Å². The minimum Gasteiger partial charge on any atom is -0.536 e. The number of H-pyrrole nitrogens is 1. The smallest absolute Gasteiger partial charge is 0.536 e. The van der Waals surface area contributed by atoms with Gasteiger partial charge >= 0.3 is 7.69 Å². The predicted molar refractivity (Wildman–Crippen MR) is 195 cm³/mol. The van der Waals surface area contributed by atoms with Crippen LogP contribution >= 0.6 is 43.5 Å². The molecule has 0 aliphatic carbocycles. The first-order valence-corrected chi connectivity index (χ1v) is 17.4. The third kappa shape index (κ3) is 8.22. The molecule has 50 heavy (non-hydrogen) atoms. The van der Waals surface area contributed by atoms with Gasteiger partial charge in [0, 0.05) is 37.0 Å². The van der Waals surface area contributed by atoms with Crippen LogP contribution in [0.3, 0.4) is 0 Å². The van der Waals surface area contributed by atoms with E-state index in [1.807, 2.05) is 25.1 Å². The second-order valence-corrected chi connectivity index (χ2v) is 14.2. The molecule has 255 valence electrons. The quantitative estimate of drug-likeness (QED) is 0.106. The third-order valence-corrected chi connectivity index (χ3v) is 9.77. The molecule has 0 saturated carbocycles. The van der Waals surface area contributed by atoms with E-state index in [4.69, 9.17) is 32.7 Å². The summed E-state index contributed by atoms with van der Waals surface area (Å²) in [6, 6.07) is 17.5. The number of hydrogen-bond donors (Lipinski definition) is 4. The van der Waals surface area contributed by atoms with Gasteiger partial charge in [-0.1, -0.05) is 61.2 Å². The lowest BCUT2D eigenvalue weighted by Gasteiger charge is -2.07. The Hall–Kier alpha value is -4.62. The van der Waals surface area contributed by atoms with Crippen molar-refractivity contribution in [1.82, 2.24) is 28.9 Å². The highest BCUT2D eigenvalue weighted by Gasteiger charge is 2.22. The topological polar surface area (TPSA) is 188 Å². The van der Waals surface area contributed by atoms with E-state index in [1.165, 1.54) is 6.20 Å². The van der Waals surface area contributed by atoms with Crippen molar-refractivity contribution in [3.63, 3.8) is 0 Å². The van der Waals surface area contributed by atoms with Crippen molar-refractivity contribution in [1.29, 1.82) is 0 Å². The number of nitrogen functional groups attached to an aromatic ring is 2. The van der Waals surface area contributed by atoms with Crippen LogP contribution in [0, 0.1) is 18.6 Å². The first-order chi connectivity index (χ1) is 23.8. The number of nitrogens with two attached hydrogens (primary N) is 2. The first-order valence-electron chi connectivity index (χ1n) is 14.0. The van der Waals surface area contributed by atoms with Crippen LogP contribution in [0.1, 0.15) is 5.56 Å². The van der Waals surface area contributed by atoms with Gasteiger partial charge in [-0.15, -0.1) is 0 Å². The summed E-state index contributed by atoms with van der Waals surface area (Å²) in [5.41, 5.74) is 13.8. The van der Waals surface area contributed by atoms with E-state index in [0.717, 1.165) is 41.8 Å². The minimum atomic E-state index is -3.77. The average Bonchev–Trinajstić information content (AvgIpc) is 3.66. The van der Waals surface area contributed by atoms with Crippen LogP contribution in [0.4, 0.5) is 20.7 Å². The maximum atomic E-state index is 13.8. The summed E-state index contributed by atoms with van der Waals surface area (Å²) in [5, 5.41) is 10.1. The third-order valence-electron chi connectivity index (χ3n) is 6.84. The highest BCUT2D eigenvalue weighted by Crippen LogP contribution is 2.34. The molecule has 0 unspecified atom stereocenters.